The van der Waals surface area contributed by atoms with Gasteiger partial charge in [0.05, 0.1) is 12.3 Å². The van der Waals surface area contributed by atoms with E-state index in [2.05, 4.69) is 43.1 Å². The molecule has 1 saturated carbocycles. The Bertz CT molecular complexity index is 772. The van der Waals surface area contributed by atoms with E-state index >= 15 is 0 Å². The number of ether oxygens (including phenoxy) is 1. The minimum absolute atomic E-state index is 0. The number of hydrogen-bond acceptors (Lipinski definition) is 2. The van der Waals surface area contributed by atoms with Crippen LogP contribution in [-0.4, -0.2) is 11.6 Å². The number of halogens is 1. The van der Waals surface area contributed by atoms with Crippen LogP contribution in [0.5, 0.6) is 5.75 Å². The number of hydrogen-bond donors (Lipinski definition) is 0. The Morgan fingerprint density at radius 3 is 2.26 bits per heavy atom. The normalized spacial score (nSPS) is 18.8. The lowest BCUT2D eigenvalue weighted by Gasteiger charge is -2.29. The van der Waals surface area contributed by atoms with Crippen molar-refractivity contribution < 1.29 is 10.6 Å². The Hall–Kier alpha value is -1.90. The number of unbranched alkanes of at least 4 members (excludes halogenated alkanes) is 5. The minimum atomic E-state index is -0.515. The Morgan fingerprint density at radius 1 is 0.871 bits per heavy atom. The fourth-order valence-electron chi connectivity index (χ4n) is 4.79. The Balaban J connectivity index is 0.00000363. The molecule has 3 rings (SSSR count). The van der Waals surface area contributed by atoms with E-state index in [4.69, 9.17) is 4.74 Å². The molecule has 172 valence electrons. The smallest absolute Gasteiger partial charge is 0.255 e. The molecule has 1 heterocycles. The zero-order valence-corrected chi connectivity index (χ0v) is 19.5. The Kier molecular flexibility index (Phi) is 9.84. The van der Waals surface area contributed by atoms with Crippen molar-refractivity contribution in [3.8, 4) is 17.0 Å². The molecule has 0 N–H and O–H groups in total. The van der Waals surface area contributed by atoms with Crippen LogP contribution in [0.15, 0.2) is 36.4 Å². The van der Waals surface area contributed by atoms with Gasteiger partial charge >= 0.3 is 0 Å². The molecule has 1 aromatic heterocycles. The van der Waals surface area contributed by atoms with E-state index in [1.807, 2.05) is 6.07 Å². The molecule has 0 atom stereocenters. The van der Waals surface area contributed by atoms with Crippen LogP contribution in [0.3, 0.4) is 0 Å². The molecule has 0 aliphatic heterocycles. The van der Waals surface area contributed by atoms with E-state index in [1.54, 1.807) is 6.07 Å². The van der Waals surface area contributed by atoms with Crippen LogP contribution in [0.25, 0.3) is 11.3 Å². The molecule has 0 unspecified atom stereocenters. The van der Waals surface area contributed by atoms with Crippen LogP contribution in [0.4, 0.5) is 4.39 Å². The van der Waals surface area contributed by atoms with Crippen LogP contribution < -0.4 is 4.74 Å². The molecule has 3 heteroatoms. The molecule has 0 radical (unpaired) electrons. The van der Waals surface area contributed by atoms with Gasteiger partial charge in [-0.1, -0.05) is 83.1 Å². The highest BCUT2D eigenvalue weighted by molar-refractivity contribution is 5.60. The number of pyridine rings is 1. The lowest BCUT2D eigenvalue weighted by molar-refractivity contribution is 0.286. The molecule has 0 amide bonds. The van der Waals surface area contributed by atoms with E-state index in [-0.39, 0.29) is 7.18 Å². The lowest BCUT2D eigenvalue weighted by Crippen LogP contribution is -2.13. The van der Waals surface area contributed by atoms with Gasteiger partial charge in [0, 0.05) is 6.99 Å². The summed E-state index contributed by atoms with van der Waals surface area (Å²) in [4.78, 5) is 4.15. The predicted molar refractivity (Wildman–Crippen MR) is 130 cm³/mol. The first kappa shape index (κ1) is 23.8. The van der Waals surface area contributed by atoms with Gasteiger partial charge in [-0.15, -0.1) is 0 Å². The summed E-state index contributed by atoms with van der Waals surface area (Å²) in [6.07, 6.45) is 15.3. The Labute approximate surface area is 190 Å². The molecule has 1 aromatic carbocycles. The summed E-state index contributed by atoms with van der Waals surface area (Å²) in [5, 5.41) is 0. The van der Waals surface area contributed by atoms with Crippen molar-refractivity contribution >= 4 is 0 Å². The average molecular weight is 428 g/mol. The standard InChI is InChI=1S/C28H40FNO.H2/c1-3-5-7-9-21-31-27-20-19-26(30-28(27)29)25-17-15-24(16-18-25)23-13-11-22(12-14-23)10-8-6-4-2;/h15-20,22-23H,3-14,21H2,1-2H3;1H. The number of rotatable bonds is 12. The molecule has 31 heavy (non-hydrogen) atoms. The second kappa shape index (κ2) is 12.8. The summed E-state index contributed by atoms with van der Waals surface area (Å²) in [6.45, 7) is 5.01. The number of aromatic nitrogens is 1. The van der Waals surface area contributed by atoms with E-state index in [9.17, 15) is 4.39 Å². The predicted octanol–water partition coefficient (Wildman–Crippen LogP) is 8.95. The van der Waals surface area contributed by atoms with Crippen molar-refractivity contribution in [2.75, 3.05) is 6.61 Å². The maximum absolute atomic E-state index is 14.4. The second-order valence-electron chi connectivity index (χ2n) is 9.23. The van der Waals surface area contributed by atoms with Crippen molar-refractivity contribution in [1.82, 2.24) is 4.98 Å². The van der Waals surface area contributed by atoms with Crippen molar-refractivity contribution in [3.05, 3.63) is 47.9 Å². The molecule has 0 bridgehead atoms. The fourth-order valence-corrected chi connectivity index (χ4v) is 4.79. The third-order valence-corrected chi connectivity index (χ3v) is 6.81. The topological polar surface area (TPSA) is 22.1 Å². The third kappa shape index (κ3) is 7.33. The average Bonchev–Trinajstić information content (AvgIpc) is 2.80. The lowest BCUT2D eigenvalue weighted by atomic mass is 9.77. The summed E-state index contributed by atoms with van der Waals surface area (Å²) >= 11 is 0. The second-order valence-corrected chi connectivity index (χ2v) is 9.23. The van der Waals surface area contributed by atoms with Crippen LogP contribution in [0.2, 0.25) is 0 Å². The first-order valence-electron chi connectivity index (χ1n) is 12.6. The zero-order valence-electron chi connectivity index (χ0n) is 19.5. The van der Waals surface area contributed by atoms with Gasteiger partial charge in [0.1, 0.15) is 0 Å². The van der Waals surface area contributed by atoms with Crippen molar-refractivity contribution in [3.63, 3.8) is 0 Å². The molecule has 0 spiro atoms. The fraction of sp³-hybridized carbons (Fsp3) is 0.607. The molecule has 2 nitrogen and oxygen atoms in total. The van der Waals surface area contributed by atoms with Crippen molar-refractivity contribution in [1.29, 1.82) is 0 Å². The summed E-state index contributed by atoms with van der Waals surface area (Å²) in [5.74, 6) is 1.34. The first-order chi connectivity index (χ1) is 15.2. The van der Waals surface area contributed by atoms with Gasteiger partial charge in [-0.05, 0) is 61.6 Å². The van der Waals surface area contributed by atoms with Gasteiger partial charge < -0.3 is 4.74 Å². The molecule has 1 aliphatic rings. The maximum Gasteiger partial charge on any atom is 0.255 e. The van der Waals surface area contributed by atoms with E-state index in [0.717, 1.165) is 24.3 Å². The van der Waals surface area contributed by atoms with Gasteiger partial charge in [0.25, 0.3) is 5.95 Å². The maximum atomic E-state index is 14.4. The zero-order chi connectivity index (χ0) is 21.9. The van der Waals surface area contributed by atoms with E-state index in [0.29, 0.717) is 18.2 Å². The first-order valence-corrected chi connectivity index (χ1v) is 12.6. The molecule has 1 aliphatic carbocycles. The van der Waals surface area contributed by atoms with E-state index in [1.165, 1.54) is 69.8 Å². The highest BCUT2D eigenvalue weighted by atomic mass is 19.1. The molecular weight excluding hydrogens is 385 g/mol. The van der Waals surface area contributed by atoms with Crippen LogP contribution in [0, 0.1) is 11.9 Å². The SMILES string of the molecule is CCCCCCOc1ccc(-c2ccc(C3CCC(CCCCC)CC3)cc2)nc1F.[HH]. The third-order valence-electron chi connectivity index (χ3n) is 6.81. The van der Waals surface area contributed by atoms with Crippen LogP contribution >= 0.6 is 0 Å². The van der Waals surface area contributed by atoms with Crippen molar-refractivity contribution in [2.45, 2.75) is 96.8 Å². The number of benzene rings is 1. The molecule has 0 saturated heterocycles. The van der Waals surface area contributed by atoms with Crippen molar-refractivity contribution in [2.24, 2.45) is 5.92 Å². The minimum Gasteiger partial charge on any atom is -0.489 e. The summed E-state index contributed by atoms with van der Waals surface area (Å²) < 4.78 is 20.0. The molecule has 2 aromatic rings. The van der Waals surface area contributed by atoms with Gasteiger partial charge in [0.15, 0.2) is 5.75 Å². The summed E-state index contributed by atoms with van der Waals surface area (Å²) in [5.41, 5.74) is 3.05. The number of nitrogens with zero attached hydrogens (tertiary/aromatic N) is 1. The molecule has 1 fully saturated rings. The Morgan fingerprint density at radius 2 is 1.58 bits per heavy atom. The van der Waals surface area contributed by atoms with Crippen LogP contribution in [0.1, 0.15) is 104 Å². The summed E-state index contributed by atoms with van der Waals surface area (Å²) in [6, 6.07) is 12.2. The van der Waals surface area contributed by atoms with Gasteiger partial charge in [-0.25, -0.2) is 4.98 Å². The monoisotopic (exact) mass is 427 g/mol. The highest BCUT2D eigenvalue weighted by Gasteiger charge is 2.22. The van der Waals surface area contributed by atoms with Gasteiger partial charge in [0.2, 0.25) is 0 Å². The largest absolute Gasteiger partial charge is 0.489 e. The quantitative estimate of drug-likeness (QED) is 0.249. The van der Waals surface area contributed by atoms with Crippen LogP contribution in [-0.2, 0) is 0 Å². The van der Waals surface area contributed by atoms with Gasteiger partial charge in [-0.3, -0.25) is 0 Å². The van der Waals surface area contributed by atoms with E-state index < -0.39 is 5.95 Å². The summed E-state index contributed by atoms with van der Waals surface area (Å²) in [7, 11) is 0. The molecular formula is C28H42FNO. The van der Waals surface area contributed by atoms with Gasteiger partial charge in [-0.2, -0.15) is 4.39 Å². The highest BCUT2D eigenvalue weighted by Crippen LogP contribution is 2.38.